The lowest BCUT2D eigenvalue weighted by molar-refractivity contribution is -0.271. The molecular weight excluding hydrogens is 653 g/mol. The zero-order chi connectivity index (χ0) is 31.1. The molecule has 1 aliphatic heterocycles. The van der Waals surface area contributed by atoms with Gasteiger partial charge in [0, 0.05) is 15.8 Å². The molecule has 0 aromatic heterocycles. The highest BCUT2D eigenvalue weighted by atomic mass is 127. The Balaban J connectivity index is 1.88. The Morgan fingerprint density at radius 3 is 2.29 bits per heavy atom. The van der Waals surface area contributed by atoms with Crippen LogP contribution in [0.2, 0.25) is 0 Å². The van der Waals surface area contributed by atoms with Crippen LogP contribution in [0, 0.1) is 10.8 Å². The van der Waals surface area contributed by atoms with Crippen molar-refractivity contribution in [1.82, 2.24) is 0 Å². The number of halogens is 1. The van der Waals surface area contributed by atoms with Crippen LogP contribution < -0.4 is 10.1 Å². The molecule has 0 radical (unpaired) electrons. The SMILES string of the molecule is CC(=O)OCc1ccc(O[C@H]2O[C@@H](C(=O)O)[C@H](O)[C@@H](O)[C@@H]2O)c(NC(=O)C2(C)CC2(C)C(C)(C)OCC(C)(C)I)c1. The Morgan fingerprint density at radius 1 is 1.10 bits per heavy atom. The minimum atomic E-state index is -1.89. The van der Waals surface area contributed by atoms with E-state index in [1.165, 1.54) is 19.1 Å². The van der Waals surface area contributed by atoms with Crippen molar-refractivity contribution in [2.75, 3.05) is 11.9 Å². The third kappa shape index (κ3) is 7.13. The second-order valence-electron chi connectivity index (χ2n) is 12.3. The lowest BCUT2D eigenvalue weighted by Crippen LogP contribution is -2.61. The summed E-state index contributed by atoms with van der Waals surface area (Å²) in [5.74, 6) is -2.39. The zero-order valence-electron chi connectivity index (χ0n) is 24.3. The summed E-state index contributed by atoms with van der Waals surface area (Å²) in [5.41, 5.74) is -1.32. The van der Waals surface area contributed by atoms with Gasteiger partial charge < -0.3 is 44.7 Å². The summed E-state index contributed by atoms with van der Waals surface area (Å²) in [6.45, 7) is 13.5. The van der Waals surface area contributed by atoms with E-state index in [9.17, 15) is 34.8 Å². The molecule has 0 spiro atoms. The lowest BCUT2D eigenvalue weighted by atomic mass is 9.81. The number of aliphatic hydroxyl groups is 3. The van der Waals surface area contributed by atoms with Crippen LogP contribution in [0.4, 0.5) is 5.69 Å². The van der Waals surface area contributed by atoms with Crippen LogP contribution in [-0.4, -0.2) is 84.6 Å². The third-order valence-corrected chi connectivity index (χ3v) is 8.51. The van der Waals surface area contributed by atoms with Gasteiger partial charge in [-0.25, -0.2) is 4.79 Å². The molecule has 41 heavy (non-hydrogen) atoms. The molecule has 2 fully saturated rings. The Morgan fingerprint density at radius 2 is 1.73 bits per heavy atom. The Kier molecular flexibility index (Phi) is 9.73. The van der Waals surface area contributed by atoms with E-state index in [0.29, 0.717) is 18.6 Å². The van der Waals surface area contributed by atoms with Crippen molar-refractivity contribution in [2.45, 2.75) is 101 Å². The Hall–Kier alpha value is -2.04. The molecular formula is C28H40INO11. The number of aliphatic hydroxyl groups excluding tert-OH is 3. The van der Waals surface area contributed by atoms with Crippen LogP contribution >= 0.6 is 22.6 Å². The summed E-state index contributed by atoms with van der Waals surface area (Å²) in [6, 6.07) is 4.51. The van der Waals surface area contributed by atoms with E-state index in [4.69, 9.17) is 18.9 Å². The van der Waals surface area contributed by atoms with Crippen molar-refractivity contribution in [1.29, 1.82) is 0 Å². The van der Waals surface area contributed by atoms with E-state index in [0.717, 1.165) is 0 Å². The van der Waals surface area contributed by atoms with Gasteiger partial charge in [0.2, 0.25) is 12.2 Å². The first kappa shape index (κ1) is 33.5. The molecule has 1 aromatic rings. The number of carbonyl (C=O) groups is 3. The summed E-state index contributed by atoms with van der Waals surface area (Å²) in [5, 5.41) is 42.8. The molecule has 12 nitrogen and oxygen atoms in total. The molecule has 0 bridgehead atoms. The van der Waals surface area contributed by atoms with Crippen molar-refractivity contribution in [3.05, 3.63) is 23.8 Å². The molecule has 2 aliphatic rings. The van der Waals surface area contributed by atoms with Crippen LogP contribution in [0.1, 0.15) is 60.5 Å². The summed E-state index contributed by atoms with van der Waals surface area (Å²) in [7, 11) is 0. The molecule has 3 rings (SSSR count). The Bertz CT molecular complexity index is 1170. The van der Waals surface area contributed by atoms with Gasteiger partial charge in [0.25, 0.3) is 0 Å². The van der Waals surface area contributed by atoms with Gasteiger partial charge in [-0.05, 0) is 51.8 Å². The van der Waals surface area contributed by atoms with E-state index in [1.807, 2.05) is 27.7 Å². The van der Waals surface area contributed by atoms with E-state index < -0.39 is 59.1 Å². The molecule has 1 saturated carbocycles. The van der Waals surface area contributed by atoms with E-state index in [1.54, 1.807) is 6.07 Å². The fourth-order valence-corrected chi connectivity index (χ4v) is 5.13. The number of anilines is 1. The summed E-state index contributed by atoms with van der Waals surface area (Å²) >= 11 is 2.31. The van der Waals surface area contributed by atoms with Gasteiger partial charge in [-0.15, -0.1) is 0 Å². The number of amides is 1. The molecule has 1 saturated heterocycles. The minimum Gasteiger partial charge on any atom is -0.479 e. The standard InChI is InChI=1S/C28H40INO11/c1-14(31)38-11-15-8-9-17(40-23-20(34)18(32)19(33)21(41-23)22(35)36)16(10-15)30-24(37)27(6)12-28(27,7)26(4,5)39-13-25(2,3)29/h8-10,18-21,23,32-34H,11-13H2,1-7H3,(H,30,37)(H,35,36)/t18-,19-,20+,21-,23+,27?,28?/m1/s1. The van der Waals surface area contributed by atoms with Crippen LogP contribution in [-0.2, 0) is 35.2 Å². The number of carbonyl (C=O) groups excluding carboxylic acids is 2. The highest BCUT2D eigenvalue weighted by Crippen LogP contribution is 2.70. The topological polar surface area (TPSA) is 181 Å². The molecule has 2 unspecified atom stereocenters. The summed E-state index contributed by atoms with van der Waals surface area (Å²) < 4.78 is 22.3. The van der Waals surface area contributed by atoms with Gasteiger partial charge in [-0.2, -0.15) is 0 Å². The average molecular weight is 694 g/mol. The second-order valence-corrected chi connectivity index (χ2v) is 15.2. The number of ether oxygens (including phenoxy) is 4. The third-order valence-electron chi connectivity index (χ3n) is 8.20. The van der Waals surface area contributed by atoms with Gasteiger partial charge in [0.1, 0.15) is 30.7 Å². The van der Waals surface area contributed by atoms with Crippen molar-refractivity contribution in [3.63, 3.8) is 0 Å². The van der Waals surface area contributed by atoms with Crippen molar-refractivity contribution in [2.24, 2.45) is 10.8 Å². The first-order chi connectivity index (χ1) is 18.7. The maximum Gasteiger partial charge on any atom is 0.335 e. The fourth-order valence-electron chi connectivity index (χ4n) is 4.97. The summed E-state index contributed by atoms with van der Waals surface area (Å²) in [4.78, 5) is 36.6. The molecule has 5 N–H and O–H groups in total. The second kappa shape index (κ2) is 11.9. The zero-order valence-corrected chi connectivity index (χ0v) is 26.4. The van der Waals surface area contributed by atoms with Gasteiger partial charge >= 0.3 is 11.9 Å². The number of nitrogens with one attached hydrogen (secondary N) is 1. The summed E-state index contributed by atoms with van der Waals surface area (Å²) in [6.07, 6.45) is -8.55. The molecule has 1 heterocycles. The van der Waals surface area contributed by atoms with E-state index in [-0.39, 0.29) is 27.4 Å². The molecule has 230 valence electrons. The van der Waals surface area contributed by atoms with E-state index in [2.05, 4.69) is 41.8 Å². The number of rotatable bonds is 11. The predicted molar refractivity (Wildman–Crippen MR) is 154 cm³/mol. The number of esters is 1. The highest BCUT2D eigenvalue weighted by molar-refractivity contribution is 14.1. The monoisotopic (exact) mass is 693 g/mol. The molecule has 13 heteroatoms. The average Bonchev–Trinajstić information content (AvgIpc) is 3.46. The minimum absolute atomic E-state index is 0.00479. The van der Waals surface area contributed by atoms with Crippen molar-refractivity contribution >= 4 is 46.1 Å². The largest absolute Gasteiger partial charge is 0.479 e. The molecule has 1 amide bonds. The highest BCUT2D eigenvalue weighted by Gasteiger charge is 2.72. The van der Waals surface area contributed by atoms with E-state index >= 15 is 0 Å². The maximum atomic E-state index is 13.7. The first-order valence-corrected chi connectivity index (χ1v) is 14.3. The van der Waals surface area contributed by atoms with Crippen molar-refractivity contribution in [3.8, 4) is 5.75 Å². The quantitative estimate of drug-likeness (QED) is 0.131. The maximum absolute atomic E-state index is 13.7. The van der Waals surface area contributed by atoms with Gasteiger partial charge in [-0.1, -0.05) is 42.5 Å². The number of carboxylic acid groups (broad SMARTS) is 1. The molecule has 1 aromatic carbocycles. The number of carboxylic acids is 1. The lowest BCUT2D eigenvalue weighted by Gasteiger charge is -2.38. The Labute approximate surface area is 252 Å². The molecule has 1 aliphatic carbocycles. The van der Waals surface area contributed by atoms with Gasteiger partial charge in [-0.3, -0.25) is 9.59 Å². The van der Waals surface area contributed by atoms with Crippen LogP contribution in [0.25, 0.3) is 0 Å². The van der Waals surface area contributed by atoms with Gasteiger partial charge in [0.05, 0.1) is 23.3 Å². The van der Waals surface area contributed by atoms with Crippen LogP contribution in [0.3, 0.4) is 0 Å². The first-order valence-electron chi connectivity index (χ1n) is 13.2. The number of benzene rings is 1. The van der Waals surface area contributed by atoms with Crippen molar-refractivity contribution < 1.29 is 53.8 Å². The van der Waals surface area contributed by atoms with Crippen LogP contribution in [0.5, 0.6) is 5.75 Å². The number of alkyl halides is 1. The number of hydrogen-bond donors (Lipinski definition) is 5. The number of aliphatic carboxylic acids is 1. The fraction of sp³-hybridized carbons (Fsp3) is 0.679. The smallest absolute Gasteiger partial charge is 0.335 e. The van der Waals surface area contributed by atoms with Crippen LogP contribution in [0.15, 0.2) is 18.2 Å². The normalized spacial score (nSPS) is 31.7. The number of hydrogen-bond acceptors (Lipinski definition) is 10. The van der Waals surface area contributed by atoms with Gasteiger partial charge in [0.15, 0.2) is 6.10 Å². The predicted octanol–water partition coefficient (Wildman–Crippen LogP) is 2.38. The molecule has 7 atom stereocenters.